The first kappa shape index (κ1) is 16.0. The van der Waals surface area contributed by atoms with Crippen LogP contribution in [0.25, 0.3) is 0 Å². The van der Waals surface area contributed by atoms with Crippen molar-refractivity contribution in [2.45, 2.75) is 44.1 Å². The summed E-state index contributed by atoms with van der Waals surface area (Å²) in [5.41, 5.74) is 6.33. The van der Waals surface area contributed by atoms with Crippen LogP contribution in [0.1, 0.15) is 44.1 Å². The van der Waals surface area contributed by atoms with E-state index in [2.05, 4.69) is 17.4 Å². The minimum Gasteiger partial charge on any atom is -0.356 e. The molecule has 2 rings (SSSR count). The monoisotopic (exact) mass is 288 g/mol. The smallest absolute Gasteiger partial charge is 0.222 e. The normalized spacial score (nSPS) is 21.4. The molecule has 1 aliphatic rings. The van der Waals surface area contributed by atoms with E-state index in [0.717, 1.165) is 51.7 Å². The van der Waals surface area contributed by atoms with Crippen LogP contribution in [-0.4, -0.2) is 25.5 Å². The maximum Gasteiger partial charge on any atom is 0.222 e. The minimum atomic E-state index is -0.303. The van der Waals surface area contributed by atoms with E-state index in [9.17, 15) is 4.79 Å². The molecule has 1 heterocycles. The molecule has 0 aromatic heterocycles. The highest BCUT2D eigenvalue weighted by atomic mass is 16.1. The molecule has 21 heavy (non-hydrogen) atoms. The molecule has 0 bridgehead atoms. The zero-order valence-corrected chi connectivity index (χ0v) is 12.7. The van der Waals surface area contributed by atoms with Crippen molar-refractivity contribution in [2.75, 3.05) is 19.6 Å². The second-order valence-corrected chi connectivity index (χ2v) is 5.76. The van der Waals surface area contributed by atoms with Gasteiger partial charge in [0.05, 0.1) is 12.0 Å². The number of nitrogens with one attached hydrogen (secondary N) is 1. The van der Waals surface area contributed by atoms with Gasteiger partial charge in [0.1, 0.15) is 0 Å². The SMILES string of the molecule is NCCCCCNC(=O)CC1(c2ccccc2)CCC[N]1. The Morgan fingerprint density at radius 3 is 2.71 bits per heavy atom. The third-order valence-electron chi connectivity index (χ3n) is 4.13. The van der Waals surface area contributed by atoms with E-state index < -0.39 is 0 Å². The Balaban J connectivity index is 1.87. The van der Waals surface area contributed by atoms with Gasteiger partial charge in [-0.05, 0) is 37.8 Å². The van der Waals surface area contributed by atoms with Crippen LogP contribution in [0.2, 0.25) is 0 Å². The van der Waals surface area contributed by atoms with Gasteiger partial charge in [0, 0.05) is 13.1 Å². The number of amides is 1. The van der Waals surface area contributed by atoms with Gasteiger partial charge in [0.2, 0.25) is 5.91 Å². The van der Waals surface area contributed by atoms with Crippen molar-refractivity contribution in [1.82, 2.24) is 10.6 Å². The number of benzene rings is 1. The molecule has 1 aromatic carbocycles. The van der Waals surface area contributed by atoms with Gasteiger partial charge >= 0.3 is 0 Å². The molecular formula is C17H26N3O. The Bertz CT molecular complexity index is 427. The summed E-state index contributed by atoms with van der Waals surface area (Å²) in [4.78, 5) is 12.2. The van der Waals surface area contributed by atoms with Crippen molar-refractivity contribution < 1.29 is 4.79 Å². The maximum atomic E-state index is 12.2. The summed E-state index contributed by atoms with van der Waals surface area (Å²) in [6.07, 6.45) is 5.60. The van der Waals surface area contributed by atoms with Crippen molar-refractivity contribution in [3.8, 4) is 0 Å². The molecule has 1 radical (unpaired) electrons. The number of carbonyl (C=O) groups excluding carboxylic acids is 1. The molecule has 4 nitrogen and oxygen atoms in total. The Labute approximate surface area is 127 Å². The molecule has 3 N–H and O–H groups in total. The standard InChI is InChI=1S/C17H26N3O/c18-11-5-2-6-12-19-16(21)14-17(10-7-13-20-17)15-8-3-1-4-9-15/h1,3-4,8-9H,2,5-7,10-14,18H2,(H,19,21). The maximum absolute atomic E-state index is 12.2. The number of hydrogen-bond acceptors (Lipinski definition) is 2. The second-order valence-electron chi connectivity index (χ2n) is 5.76. The average Bonchev–Trinajstić information content (AvgIpc) is 2.98. The fourth-order valence-electron chi connectivity index (χ4n) is 2.98. The highest BCUT2D eigenvalue weighted by Gasteiger charge is 2.38. The van der Waals surface area contributed by atoms with Crippen LogP contribution in [0, 0.1) is 0 Å². The van der Waals surface area contributed by atoms with E-state index in [1.807, 2.05) is 18.2 Å². The molecule has 1 fully saturated rings. The zero-order chi connectivity index (χ0) is 15.0. The van der Waals surface area contributed by atoms with Crippen LogP contribution in [0.15, 0.2) is 30.3 Å². The number of rotatable bonds is 8. The first-order valence-corrected chi connectivity index (χ1v) is 7.98. The zero-order valence-electron chi connectivity index (χ0n) is 12.7. The van der Waals surface area contributed by atoms with Crippen LogP contribution in [0.3, 0.4) is 0 Å². The predicted octanol–water partition coefficient (Wildman–Crippen LogP) is 1.92. The third kappa shape index (κ3) is 4.55. The lowest BCUT2D eigenvalue weighted by atomic mass is 9.85. The molecule has 4 heteroatoms. The van der Waals surface area contributed by atoms with Crippen molar-refractivity contribution in [1.29, 1.82) is 0 Å². The summed E-state index contributed by atoms with van der Waals surface area (Å²) in [6.45, 7) is 2.33. The van der Waals surface area contributed by atoms with E-state index in [0.29, 0.717) is 6.42 Å². The first-order valence-electron chi connectivity index (χ1n) is 7.98. The van der Waals surface area contributed by atoms with Gasteiger partial charge in [-0.2, -0.15) is 0 Å². The molecule has 1 saturated heterocycles. The highest BCUT2D eigenvalue weighted by molar-refractivity contribution is 5.77. The minimum absolute atomic E-state index is 0.109. The fraction of sp³-hybridized carbons (Fsp3) is 0.588. The van der Waals surface area contributed by atoms with Gasteiger partial charge in [-0.25, -0.2) is 5.32 Å². The summed E-state index contributed by atoms with van der Waals surface area (Å²) >= 11 is 0. The van der Waals surface area contributed by atoms with Crippen LogP contribution < -0.4 is 16.4 Å². The van der Waals surface area contributed by atoms with Crippen molar-refractivity contribution in [3.63, 3.8) is 0 Å². The number of nitrogens with zero attached hydrogens (tertiary/aromatic N) is 1. The fourth-order valence-corrected chi connectivity index (χ4v) is 2.98. The summed E-state index contributed by atoms with van der Waals surface area (Å²) < 4.78 is 0. The van der Waals surface area contributed by atoms with Crippen molar-refractivity contribution >= 4 is 5.91 Å². The number of unbranched alkanes of at least 4 members (excludes halogenated alkanes) is 2. The lowest BCUT2D eigenvalue weighted by Gasteiger charge is -2.28. The topological polar surface area (TPSA) is 69.2 Å². The van der Waals surface area contributed by atoms with E-state index in [1.165, 1.54) is 5.56 Å². The summed E-state index contributed by atoms with van der Waals surface area (Å²) in [7, 11) is 0. The van der Waals surface area contributed by atoms with E-state index in [4.69, 9.17) is 11.1 Å². The van der Waals surface area contributed by atoms with E-state index in [1.54, 1.807) is 0 Å². The predicted molar refractivity (Wildman–Crippen MR) is 84.9 cm³/mol. The Morgan fingerprint density at radius 2 is 2.05 bits per heavy atom. The summed E-state index contributed by atoms with van der Waals surface area (Å²) in [6, 6.07) is 10.2. The van der Waals surface area contributed by atoms with Crippen LogP contribution in [0.4, 0.5) is 0 Å². The van der Waals surface area contributed by atoms with Crippen molar-refractivity contribution in [2.24, 2.45) is 5.73 Å². The van der Waals surface area contributed by atoms with Gasteiger partial charge in [0.25, 0.3) is 0 Å². The molecule has 1 atom stereocenters. The lowest BCUT2D eigenvalue weighted by Crippen LogP contribution is -2.38. The number of hydrogen-bond donors (Lipinski definition) is 2. The molecule has 1 unspecified atom stereocenters. The molecule has 0 aliphatic carbocycles. The Hall–Kier alpha value is -1.39. The van der Waals surface area contributed by atoms with Crippen LogP contribution in [0.5, 0.6) is 0 Å². The van der Waals surface area contributed by atoms with Gasteiger partial charge < -0.3 is 11.1 Å². The largest absolute Gasteiger partial charge is 0.356 e. The average molecular weight is 288 g/mol. The molecule has 1 aromatic rings. The lowest BCUT2D eigenvalue weighted by molar-refractivity contribution is -0.122. The quantitative estimate of drug-likeness (QED) is 0.717. The molecule has 1 aliphatic heterocycles. The highest BCUT2D eigenvalue weighted by Crippen LogP contribution is 2.35. The molecular weight excluding hydrogens is 262 g/mol. The van der Waals surface area contributed by atoms with Gasteiger partial charge in [-0.3, -0.25) is 4.79 Å². The van der Waals surface area contributed by atoms with Crippen LogP contribution in [-0.2, 0) is 10.3 Å². The number of nitrogens with two attached hydrogens (primary N) is 1. The first-order chi connectivity index (χ1) is 10.3. The summed E-state index contributed by atoms with van der Waals surface area (Å²) in [5.74, 6) is 0.109. The molecule has 0 saturated carbocycles. The van der Waals surface area contributed by atoms with Gasteiger partial charge in [-0.15, -0.1) is 0 Å². The molecule has 0 spiro atoms. The molecule has 1 amide bonds. The van der Waals surface area contributed by atoms with Crippen molar-refractivity contribution in [3.05, 3.63) is 35.9 Å². The molecule has 115 valence electrons. The Morgan fingerprint density at radius 1 is 1.24 bits per heavy atom. The second kappa shape index (κ2) is 8.15. The van der Waals surface area contributed by atoms with E-state index >= 15 is 0 Å². The van der Waals surface area contributed by atoms with Gasteiger partial charge in [-0.1, -0.05) is 36.8 Å². The number of carbonyl (C=O) groups is 1. The third-order valence-corrected chi connectivity index (χ3v) is 4.13. The summed E-state index contributed by atoms with van der Waals surface area (Å²) in [5, 5.41) is 7.78. The van der Waals surface area contributed by atoms with Gasteiger partial charge in [0.15, 0.2) is 0 Å². The van der Waals surface area contributed by atoms with E-state index in [-0.39, 0.29) is 11.4 Å². The Kier molecular flexibility index (Phi) is 6.21. The van der Waals surface area contributed by atoms with Crippen LogP contribution >= 0.6 is 0 Å².